The van der Waals surface area contributed by atoms with Gasteiger partial charge in [-0.1, -0.05) is 24.4 Å². The fraction of sp³-hybridized carbons (Fsp3) is 0.0909. The summed E-state index contributed by atoms with van der Waals surface area (Å²) in [6, 6.07) is 10.0. The predicted molar refractivity (Wildman–Crippen MR) is 62.2 cm³/mol. The van der Waals surface area contributed by atoms with Crippen molar-refractivity contribution >= 4 is 28.1 Å². The van der Waals surface area contributed by atoms with Gasteiger partial charge in [-0.3, -0.25) is 4.98 Å². The van der Waals surface area contributed by atoms with Crippen LogP contribution in [0.15, 0.2) is 36.5 Å². The Morgan fingerprint density at radius 1 is 1.36 bits per heavy atom. The summed E-state index contributed by atoms with van der Waals surface area (Å²) < 4.78 is 0. The van der Waals surface area contributed by atoms with Gasteiger partial charge in [-0.05, 0) is 23.8 Å². The molecular weight excluding hydrogens is 192 g/mol. The van der Waals surface area contributed by atoms with Crippen LogP contribution in [0.4, 0.5) is 0 Å². The molecule has 0 atom stereocenters. The van der Waals surface area contributed by atoms with E-state index in [0.717, 1.165) is 16.5 Å². The molecule has 1 heterocycles. The molecule has 1 aromatic heterocycles. The highest BCUT2D eigenvalue weighted by Gasteiger charge is 1.97. The molecule has 2 aromatic rings. The van der Waals surface area contributed by atoms with Crippen molar-refractivity contribution in [1.29, 1.82) is 0 Å². The summed E-state index contributed by atoms with van der Waals surface area (Å²) in [5, 5.41) is 1.13. The molecule has 2 nitrogen and oxygen atoms in total. The van der Waals surface area contributed by atoms with Gasteiger partial charge in [0.15, 0.2) is 0 Å². The van der Waals surface area contributed by atoms with Gasteiger partial charge >= 0.3 is 0 Å². The Morgan fingerprint density at radius 3 is 3.00 bits per heavy atom. The SMILES string of the molecule is NC(=S)Cc1ccc2ncccc2c1. The second kappa shape index (κ2) is 3.72. The molecule has 0 aliphatic rings. The van der Waals surface area contributed by atoms with Crippen molar-refractivity contribution in [1.82, 2.24) is 4.98 Å². The molecular formula is C11H10N2S. The molecule has 0 aliphatic heterocycles. The van der Waals surface area contributed by atoms with Crippen LogP contribution in [-0.4, -0.2) is 9.97 Å². The van der Waals surface area contributed by atoms with Crippen molar-refractivity contribution in [2.24, 2.45) is 5.73 Å². The van der Waals surface area contributed by atoms with Gasteiger partial charge in [0, 0.05) is 18.0 Å². The first-order valence-electron chi connectivity index (χ1n) is 4.38. The summed E-state index contributed by atoms with van der Waals surface area (Å²) in [6.45, 7) is 0. The number of nitrogens with zero attached hydrogens (tertiary/aromatic N) is 1. The fourth-order valence-electron chi connectivity index (χ4n) is 1.44. The summed E-state index contributed by atoms with van der Waals surface area (Å²) in [5.41, 5.74) is 7.62. The van der Waals surface area contributed by atoms with Gasteiger partial charge in [0.1, 0.15) is 0 Å². The van der Waals surface area contributed by atoms with E-state index in [1.807, 2.05) is 24.3 Å². The second-order valence-corrected chi connectivity index (χ2v) is 3.70. The van der Waals surface area contributed by atoms with Crippen molar-refractivity contribution in [3.05, 3.63) is 42.1 Å². The van der Waals surface area contributed by atoms with Gasteiger partial charge < -0.3 is 5.73 Å². The van der Waals surface area contributed by atoms with E-state index in [-0.39, 0.29) is 0 Å². The zero-order valence-corrected chi connectivity index (χ0v) is 8.42. The molecule has 0 saturated heterocycles. The topological polar surface area (TPSA) is 38.9 Å². The molecule has 0 bridgehead atoms. The number of aromatic nitrogens is 1. The standard InChI is InChI=1S/C11H10N2S/c12-11(14)7-8-3-4-10-9(6-8)2-1-5-13-10/h1-6H,7H2,(H2,12,14). The Labute approximate surface area is 87.8 Å². The lowest BCUT2D eigenvalue weighted by Crippen LogP contribution is -2.10. The highest BCUT2D eigenvalue weighted by atomic mass is 32.1. The van der Waals surface area contributed by atoms with Crippen molar-refractivity contribution < 1.29 is 0 Å². The summed E-state index contributed by atoms with van der Waals surface area (Å²) in [4.78, 5) is 4.76. The number of hydrogen-bond acceptors (Lipinski definition) is 2. The van der Waals surface area contributed by atoms with E-state index in [4.69, 9.17) is 18.0 Å². The summed E-state index contributed by atoms with van der Waals surface area (Å²) in [6.07, 6.45) is 2.44. The highest BCUT2D eigenvalue weighted by Crippen LogP contribution is 2.13. The highest BCUT2D eigenvalue weighted by molar-refractivity contribution is 7.80. The molecule has 0 fully saturated rings. The third-order valence-electron chi connectivity index (χ3n) is 2.05. The maximum absolute atomic E-state index is 5.48. The Balaban J connectivity index is 2.46. The van der Waals surface area contributed by atoms with Crippen LogP contribution in [0.3, 0.4) is 0 Å². The second-order valence-electron chi connectivity index (χ2n) is 3.17. The van der Waals surface area contributed by atoms with Crippen LogP contribution < -0.4 is 5.73 Å². The van der Waals surface area contributed by atoms with E-state index in [1.165, 1.54) is 0 Å². The normalized spacial score (nSPS) is 10.3. The lowest BCUT2D eigenvalue weighted by Gasteiger charge is -2.01. The van der Waals surface area contributed by atoms with Crippen LogP contribution in [0.25, 0.3) is 10.9 Å². The third-order valence-corrected chi connectivity index (χ3v) is 2.19. The van der Waals surface area contributed by atoms with Crippen LogP contribution in [0, 0.1) is 0 Å². The molecule has 2 rings (SSSR count). The molecule has 0 amide bonds. The maximum Gasteiger partial charge on any atom is 0.0771 e. The Morgan fingerprint density at radius 2 is 2.21 bits per heavy atom. The molecule has 0 radical (unpaired) electrons. The summed E-state index contributed by atoms with van der Waals surface area (Å²) >= 11 is 4.86. The zero-order chi connectivity index (χ0) is 9.97. The number of thiocarbonyl (C=S) groups is 1. The molecule has 14 heavy (non-hydrogen) atoms. The van der Waals surface area contributed by atoms with Crippen LogP contribution in [-0.2, 0) is 6.42 Å². The van der Waals surface area contributed by atoms with Gasteiger partial charge in [0.25, 0.3) is 0 Å². The van der Waals surface area contributed by atoms with E-state index in [2.05, 4.69) is 11.1 Å². The smallest absolute Gasteiger partial charge is 0.0771 e. The molecule has 70 valence electrons. The predicted octanol–water partition coefficient (Wildman–Crippen LogP) is 2.06. The largest absolute Gasteiger partial charge is 0.393 e. The van der Waals surface area contributed by atoms with E-state index in [1.54, 1.807) is 6.20 Å². The first-order valence-corrected chi connectivity index (χ1v) is 4.78. The minimum Gasteiger partial charge on any atom is -0.393 e. The average Bonchev–Trinajstić information content (AvgIpc) is 2.17. The molecule has 3 heteroatoms. The number of benzene rings is 1. The van der Waals surface area contributed by atoms with E-state index in [0.29, 0.717) is 11.4 Å². The number of fused-ring (bicyclic) bond motifs is 1. The quantitative estimate of drug-likeness (QED) is 0.758. The van der Waals surface area contributed by atoms with E-state index < -0.39 is 0 Å². The van der Waals surface area contributed by atoms with E-state index in [9.17, 15) is 0 Å². The van der Waals surface area contributed by atoms with Crippen molar-refractivity contribution in [2.75, 3.05) is 0 Å². The molecule has 0 saturated carbocycles. The van der Waals surface area contributed by atoms with Crippen LogP contribution >= 0.6 is 12.2 Å². The molecule has 2 N–H and O–H groups in total. The minimum absolute atomic E-state index is 0.522. The van der Waals surface area contributed by atoms with Gasteiger partial charge in [-0.15, -0.1) is 0 Å². The number of pyridine rings is 1. The Bertz CT molecular complexity index is 479. The summed E-state index contributed by atoms with van der Waals surface area (Å²) in [5.74, 6) is 0. The minimum atomic E-state index is 0.522. The monoisotopic (exact) mass is 202 g/mol. The molecule has 0 unspecified atom stereocenters. The van der Waals surface area contributed by atoms with Gasteiger partial charge in [0.05, 0.1) is 10.5 Å². The van der Waals surface area contributed by atoms with Crippen LogP contribution in [0.1, 0.15) is 5.56 Å². The third kappa shape index (κ3) is 1.88. The average molecular weight is 202 g/mol. The number of nitrogens with two attached hydrogens (primary N) is 1. The number of hydrogen-bond donors (Lipinski definition) is 1. The summed E-state index contributed by atoms with van der Waals surface area (Å²) in [7, 11) is 0. The van der Waals surface area contributed by atoms with Crippen LogP contribution in [0.5, 0.6) is 0 Å². The molecule has 1 aromatic carbocycles. The Hall–Kier alpha value is -1.48. The van der Waals surface area contributed by atoms with Gasteiger partial charge in [-0.25, -0.2) is 0 Å². The van der Waals surface area contributed by atoms with Crippen molar-refractivity contribution in [3.63, 3.8) is 0 Å². The van der Waals surface area contributed by atoms with Crippen molar-refractivity contribution in [3.8, 4) is 0 Å². The van der Waals surface area contributed by atoms with Gasteiger partial charge in [0.2, 0.25) is 0 Å². The lowest BCUT2D eigenvalue weighted by molar-refractivity contribution is 1.33. The zero-order valence-electron chi connectivity index (χ0n) is 7.60. The Kier molecular flexibility index (Phi) is 2.41. The fourth-order valence-corrected chi connectivity index (χ4v) is 1.60. The first kappa shape index (κ1) is 9.09. The number of rotatable bonds is 2. The van der Waals surface area contributed by atoms with Crippen molar-refractivity contribution in [2.45, 2.75) is 6.42 Å². The van der Waals surface area contributed by atoms with Crippen LogP contribution in [0.2, 0.25) is 0 Å². The lowest BCUT2D eigenvalue weighted by atomic mass is 10.1. The van der Waals surface area contributed by atoms with Gasteiger partial charge in [-0.2, -0.15) is 0 Å². The molecule has 0 spiro atoms. The first-order chi connectivity index (χ1) is 6.75. The maximum atomic E-state index is 5.48. The molecule has 0 aliphatic carbocycles. The van der Waals surface area contributed by atoms with E-state index >= 15 is 0 Å².